The van der Waals surface area contributed by atoms with Crippen LogP contribution in [0.25, 0.3) is 0 Å². The average Bonchev–Trinajstić information content (AvgIpc) is 2.38. The van der Waals surface area contributed by atoms with E-state index in [2.05, 4.69) is 5.32 Å². The second-order valence-electron chi connectivity index (χ2n) is 4.19. The van der Waals surface area contributed by atoms with E-state index in [-0.39, 0.29) is 17.9 Å². The summed E-state index contributed by atoms with van der Waals surface area (Å²) in [5, 5.41) is 11.2. The van der Waals surface area contributed by atoms with Crippen LogP contribution in [0.15, 0.2) is 24.3 Å². The number of carboxylic acid groups (broad SMARTS) is 1. The van der Waals surface area contributed by atoms with Crippen LogP contribution in [0, 0.1) is 0 Å². The lowest BCUT2D eigenvalue weighted by atomic mass is 10.1. The van der Waals surface area contributed by atoms with Gasteiger partial charge in [-0.25, -0.2) is 13.2 Å². The SMILES string of the molecule is CNC(=O)CN(C)S(=O)(=O)Cc1cccc(C(=O)O)c1. The highest BCUT2D eigenvalue weighted by molar-refractivity contribution is 7.88. The van der Waals surface area contributed by atoms with Gasteiger partial charge >= 0.3 is 5.97 Å². The second kappa shape index (κ2) is 6.49. The summed E-state index contributed by atoms with van der Waals surface area (Å²) < 4.78 is 25.0. The molecule has 1 aromatic rings. The van der Waals surface area contributed by atoms with Crippen LogP contribution in [0.1, 0.15) is 15.9 Å². The second-order valence-corrected chi connectivity index (χ2v) is 6.27. The monoisotopic (exact) mass is 300 g/mol. The van der Waals surface area contributed by atoms with Gasteiger partial charge in [-0.2, -0.15) is 4.31 Å². The molecule has 8 heteroatoms. The first-order valence-corrected chi connectivity index (χ1v) is 7.34. The first kappa shape index (κ1) is 16.1. The average molecular weight is 300 g/mol. The number of rotatable bonds is 6. The zero-order valence-corrected chi connectivity index (χ0v) is 12.0. The highest BCUT2D eigenvalue weighted by Crippen LogP contribution is 2.11. The van der Waals surface area contributed by atoms with E-state index in [0.29, 0.717) is 5.56 Å². The molecule has 20 heavy (non-hydrogen) atoms. The summed E-state index contributed by atoms with van der Waals surface area (Å²) >= 11 is 0. The third kappa shape index (κ3) is 4.32. The van der Waals surface area contributed by atoms with Crippen LogP contribution in [-0.2, 0) is 20.6 Å². The van der Waals surface area contributed by atoms with Crippen molar-refractivity contribution in [3.8, 4) is 0 Å². The Morgan fingerprint density at radius 3 is 2.55 bits per heavy atom. The van der Waals surface area contributed by atoms with E-state index in [1.807, 2.05) is 0 Å². The predicted molar refractivity (Wildman–Crippen MR) is 72.7 cm³/mol. The number of carbonyl (C=O) groups is 2. The number of carboxylic acids is 1. The molecule has 0 aliphatic carbocycles. The summed E-state index contributed by atoms with van der Waals surface area (Å²) in [6.45, 7) is -0.280. The number of nitrogens with zero attached hydrogens (tertiary/aromatic N) is 1. The molecule has 0 heterocycles. The van der Waals surface area contributed by atoms with Crippen LogP contribution in [0.5, 0.6) is 0 Å². The minimum atomic E-state index is -3.68. The normalized spacial score (nSPS) is 11.3. The lowest BCUT2D eigenvalue weighted by molar-refractivity contribution is -0.120. The summed E-state index contributed by atoms with van der Waals surface area (Å²) in [6, 6.07) is 5.69. The third-order valence-corrected chi connectivity index (χ3v) is 4.42. The van der Waals surface area contributed by atoms with E-state index in [1.165, 1.54) is 38.4 Å². The van der Waals surface area contributed by atoms with E-state index in [4.69, 9.17) is 5.11 Å². The molecule has 0 bridgehead atoms. The van der Waals surface area contributed by atoms with Gasteiger partial charge in [0.05, 0.1) is 17.9 Å². The zero-order chi connectivity index (χ0) is 15.3. The number of nitrogens with one attached hydrogen (secondary N) is 1. The van der Waals surface area contributed by atoms with Gasteiger partial charge in [0, 0.05) is 14.1 Å². The molecule has 0 aliphatic heterocycles. The molecular weight excluding hydrogens is 284 g/mol. The van der Waals surface area contributed by atoms with Gasteiger partial charge in [0.1, 0.15) is 0 Å². The van der Waals surface area contributed by atoms with Gasteiger partial charge in [-0.05, 0) is 17.7 Å². The number of benzene rings is 1. The van der Waals surface area contributed by atoms with E-state index in [0.717, 1.165) is 4.31 Å². The van der Waals surface area contributed by atoms with E-state index < -0.39 is 21.9 Å². The summed E-state index contributed by atoms with van der Waals surface area (Å²) in [6.07, 6.45) is 0. The molecule has 1 rings (SSSR count). The first-order chi connectivity index (χ1) is 9.26. The summed E-state index contributed by atoms with van der Waals surface area (Å²) in [5.41, 5.74) is 0.375. The Balaban J connectivity index is 2.88. The molecule has 1 aromatic carbocycles. The van der Waals surface area contributed by atoms with Crippen molar-refractivity contribution in [3.63, 3.8) is 0 Å². The fourth-order valence-corrected chi connectivity index (χ4v) is 2.63. The Bertz CT molecular complexity index is 612. The maximum atomic E-state index is 12.0. The van der Waals surface area contributed by atoms with Crippen LogP contribution in [0.3, 0.4) is 0 Å². The van der Waals surface area contributed by atoms with Gasteiger partial charge in [-0.3, -0.25) is 4.79 Å². The Kier molecular flexibility index (Phi) is 5.23. The molecule has 7 nitrogen and oxygen atoms in total. The minimum Gasteiger partial charge on any atom is -0.478 e. The number of sulfonamides is 1. The van der Waals surface area contributed by atoms with Gasteiger partial charge in [0.25, 0.3) is 0 Å². The Labute approximate surface area is 117 Å². The van der Waals surface area contributed by atoms with E-state index in [9.17, 15) is 18.0 Å². The molecule has 0 radical (unpaired) electrons. The maximum absolute atomic E-state index is 12.0. The molecule has 2 N–H and O–H groups in total. The summed E-state index contributed by atoms with van der Waals surface area (Å²) in [4.78, 5) is 22.0. The molecule has 0 aromatic heterocycles. The molecule has 0 aliphatic rings. The maximum Gasteiger partial charge on any atom is 0.335 e. The number of aromatic carboxylic acids is 1. The lowest BCUT2D eigenvalue weighted by Gasteiger charge is -2.16. The fourth-order valence-electron chi connectivity index (χ4n) is 1.49. The number of likely N-dealkylation sites (N-methyl/N-ethyl adjacent to an activating group) is 2. The van der Waals surface area contributed by atoms with Gasteiger partial charge < -0.3 is 10.4 Å². The van der Waals surface area contributed by atoms with Crippen LogP contribution in [0.2, 0.25) is 0 Å². The topological polar surface area (TPSA) is 104 Å². The van der Waals surface area contributed by atoms with Crippen molar-refractivity contribution >= 4 is 21.9 Å². The quantitative estimate of drug-likeness (QED) is 0.763. The van der Waals surface area contributed by atoms with Crippen LogP contribution < -0.4 is 5.32 Å². The van der Waals surface area contributed by atoms with E-state index in [1.54, 1.807) is 0 Å². The van der Waals surface area contributed by atoms with Crippen LogP contribution >= 0.6 is 0 Å². The first-order valence-electron chi connectivity index (χ1n) is 5.73. The smallest absolute Gasteiger partial charge is 0.335 e. The van der Waals surface area contributed by atoms with Gasteiger partial charge in [-0.1, -0.05) is 12.1 Å². The summed E-state index contributed by atoms with van der Waals surface area (Å²) in [5.74, 6) is -1.90. The Morgan fingerprint density at radius 2 is 2.00 bits per heavy atom. The van der Waals surface area contributed by atoms with Crippen molar-refractivity contribution in [2.75, 3.05) is 20.6 Å². The molecule has 0 spiro atoms. The molecule has 0 atom stereocenters. The van der Waals surface area contributed by atoms with Crippen molar-refractivity contribution in [3.05, 3.63) is 35.4 Å². The van der Waals surface area contributed by atoms with Crippen molar-refractivity contribution in [2.24, 2.45) is 0 Å². The van der Waals surface area contributed by atoms with Crippen molar-refractivity contribution in [1.82, 2.24) is 9.62 Å². The highest BCUT2D eigenvalue weighted by atomic mass is 32.2. The molecule has 0 saturated heterocycles. The molecule has 0 fully saturated rings. The van der Waals surface area contributed by atoms with Gasteiger partial charge in [0.15, 0.2) is 0 Å². The standard InChI is InChI=1S/C12H16N2O5S/c1-13-11(15)7-14(2)20(18,19)8-9-4-3-5-10(6-9)12(16)17/h3-6H,7-8H2,1-2H3,(H,13,15)(H,16,17). The predicted octanol–water partition coefficient (Wildman–Crippen LogP) is -0.108. The van der Waals surface area contributed by atoms with Crippen molar-refractivity contribution in [2.45, 2.75) is 5.75 Å². The largest absolute Gasteiger partial charge is 0.478 e. The number of hydrogen-bond donors (Lipinski definition) is 2. The highest BCUT2D eigenvalue weighted by Gasteiger charge is 2.21. The van der Waals surface area contributed by atoms with Crippen molar-refractivity contribution in [1.29, 1.82) is 0 Å². The summed E-state index contributed by atoms with van der Waals surface area (Å²) in [7, 11) is -0.968. The molecule has 0 unspecified atom stereocenters. The molecule has 110 valence electrons. The molecular formula is C12H16N2O5S. The molecule has 0 saturated carbocycles. The number of carbonyl (C=O) groups excluding carboxylic acids is 1. The van der Waals surface area contributed by atoms with Gasteiger partial charge in [0.2, 0.25) is 15.9 Å². The fraction of sp³-hybridized carbons (Fsp3) is 0.333. The number of hydrogen-bond acceptors (Lipinski definition) is 4. The zero-order valence-electron chi connectivity index (χ0n) is 11.2. The van der Waals surface area contributed by atoms with Crippen molar-refractivity contribution < 1.29 is 23.1 Å². The van der Waals surface area contributed by atoms with E-state index >= 15 is 0 Å². The third-order valence-electron chi connectivity index (χ3n) is 2.64. The van der Waals surface area contributed by atoms with Gasteiger partial charge in [-0.15, -0.1) is 0 Å². The van der Waals surface area contributed by atoms with Crippen LogP contribution in [-0.4, -0.2) is 50.3 Å². The number of amides is 1. The lowest BCUT2D eigenvalue weighted by Crippen LogP contribution is -2.37. The minimum absolute atomic E-state index is 0.0201. The molecule has 1 amide bonds. The Morgan fingerprint density at radius 1 is 1.35 bits per heavy atom. The van der Waals surface area contributed by atoms with Crippen LogP contribution in [0.4, 0.5) is 0 Å². The Hall–Kier alpha value is -1.93.